The molecule has 3 atom stereocenters. The summed E-state index contributed by atoms with van der Waals surface area (Å²) in [6.07, 6.45) is 2.79. The second kappa shape index (κ2) is 7.11. The van der Waals surface area contributed by atoms with Gasteiger partial charge in [-0.2, -0.15) is 0 Å². The summed E-state index contributed by atoms with van der Waals surface area (Å²) in [5, 5.41) is 2.75. The van der Waals surface area contributed by atoms with E-state index < -0.39 is 10.8 Å². The van der Waals surface area contributed by atoms with Gasteiger partial charge in [0.05, 0.1) is 0 Å². The number of rotatable bonds is 6. The van der Waals surface area contributed by atoms with Gasteiger partial charge in [0.25, 0.3) is 0 Å². The van der Waals surface area contributed by atoms with Crippen molar-refractivity contribution in [2.75, 3.05) is 12.8 Å². The van der Waals surface area contributed by atoms with Crippen molar-refractivity contribution in [2.24, 2.45) is 11.1 Å². The molecule has 0 aliphatic rings. The molecule has 0 saturated carbocycles. The van der Waals surface area contributed by atoms with Gasteiger partial charge in [-0.1, -0.05) is 20.8 Å². The minimum Gasteiger partial charge on any atom is -0.355 e. The third kappa shape index (κ3) is 9.30. The lowest BCUT2D eigenvalue weighted by molar-refractivity contribution is -0.121. The fourth-order valence-electron chi connectivity index (χ4n) is 1.54. The monoisotopic (exact) mass is 262 g/mol. The molecule has 0 aromatic carbocycles. The fraction of sp³-hybridized carbons (Fsp3) is 0.917. The van der Waals surface area contributed by atoms with Crippen LogP contribution in [0.4, 0.5) is 0 Å². The van der Waals surface area contributed by atoms with Gasteiger partial charge in [0.1, 0.15) is 0 Å². The lowest BCUT2D eigenvalue weighted by Crippen LogP contribution is -2.37. The van der Waals surface area contributed by atoms with Crippen molar-refractivity contribution in [3.63, 3.8) is 0 Å². The second-order valence-electron chi connectivity index (χ2n) is 5.84. The van der Waals surface area contributed by atoms with E-state index in [0.29, 0.717) is 13.0 Å². The van der Waals surface area contributed by atoms with Gasteiger partial charge in [0.15, 0.2) is 0 Å². The Bertz CT molecular complexity index is 274. The summed E-state index contributed by atoms with van der Waals surface area (Å²) < 4.78 is 11.1. The molecule has 0 saturated heterocycles. The molecule has 0 aromatic heterocycles. The van der Waals surface area contributed by atoms with Crippen LogP contribution in [0.25, 0.3) is 0 Å². The summed E-state index contributed by atoms with van der Waals surface area (Å²) in [7, 11) is -0.901. The summed E-state index contributed by atoms with van der Waals surface area (Å²) in [6.45, 7) is 8.61. The molecule has 5 heteroatoms. The number of carbonyl (C=O) groups excluding carboxylic acids is 1. The average Bonchev–Trinajstić information content (AvgIpc) is 2.10. The SMILES string of the molecule is CC(CNC(=O)CC(N)CC(C)(C)C)S(C)=O. The zero-order chi connectivity index (χ0) is 13.6. The van der Waals surface area contributed by atoms with Gasteiger partial charge in [0.2, 0.25) is 5.91 Å². The molecule has 17 heavy (non-hydrogen) atoms. The normalized spacial score (nSPS) is 17.3. The quantitative estimate of drug-likeness (QED) is 0.751. The van der Waals surface area contributed by atoms with Crippen LogP contribution in [0.3, 0.4) is 0 Å². The largest absolute Gasteiger partial charge is 0.355 e. The summed E-state index contributed by atoms with van der Waals surface area (Å²) >= 11 is 0. The zero-order valence-electron chi connectivity index (χ0n) is 11.6. The highest BCUT2D eigenvalue weighted by atomic mass is 32.2. The Morgan fingerprint density at radius 2 is 1.94 bits per heavy atom. The Labute approximate surface area is 107 Å². The van der Waals surface area contributed by atoms with Gasteiger partial charge in [0, 0.05) is 41.3 Å². The Balaban J connectivity index is 3.90. The molecule has 0 aliphatic heterocycles. The van der Waals surface area contributed by atoms with E-state index in [1.165, 1.54) is 0 Å². The Morgan fingerprint density at radius 1 is 1.41 bits per heavy atom. The topological polar surface area (TPSA) is 72.2 Å². The molecule has 4 nitrogen and oxygen atoms in total. The third-order valence-corrected chi connectivity index (χ3v) is 3.78. The van der Waals surface area contributed by atoms with Crippen LogP contribution in [-0.4, -0.2) is 34.2 Å². The van der Waals surface area contributed by atoms with Gasteiger partial charge in [-0.15, -0.1) is 0 Å². The average molecular weight is 262 g/mol. The van der Waals surface area contributed by atoms with E-state index in [1.807, 2.05) is 6.92 Å². The van der Waals surface area contributed by atoms with Crippen molar-refractivity contribution >= 4 is 16.7 Å². The zero-order valence-corrected chi connectivity index (χ0v) is 12.4. The maximum absolute atomic E-state index is 11.6. The van der Waals surface area contributed by atoms with Gasteiger partial charge in [-0.05, 0) is 18.8 Å². The molecular formula is C12H26N2O2S. The van der Waals surface area contributed by atoms with Crippen molar-refractivity contribution < 1.29 is 9.00 Å². The highest BCUT2D eigenvalue weighted by Gasteiger charge is 2.18. The Morgan fingerprint density at radius 3 is 2.35 bits per heavy atom. The summed E-state index contributed by atoms with van der Waals surface area (Å²) in [6, 6.07) is -0.113. The number of hydrogen-bond donors (Lipinski definition) is 2. The number of nitrogens with one attached hydrogen (secondary N) is 1. The van der Waals surface area contributed by atoms with Gasteiger partial charge >= 0.3 is 0 Å². The van der Waals surface area contributed by atoms with E-state index in [1.54, 1.807) is 6.26 Å². The van der Waals surface area contributed by atoms with Crippen LogP contribution in [0.5, 0.6) is 0 Å². The molecule has 0 aliphatic carbocycles. The third-order valence-electron chi connectivity index (χ3n) is 2.48. The lowest BCUT2D eigenvalue weighted by Gasteiger charge is -2.22. The highest BCUT2D eigenvalue weighted by molar-refractivity contribution is 7.84. The first-order valence-corrected chi connectivity index (χ1v) is 7.58. The summed E-state index contributed by atoms with van der Waals surface area (Å²) in [4.78, 5) is 11.6. The molecule has 0 aromatic rings. The summed E-state index contributed by atoms with van der Waals surface area (Å²) in [5.74, 6) is -0.0564. The van der Waals surface area contributed by atoms with Gasteiger partial charge in [-0.25, -0.2) is 0 Å². The molecule has 0 rings (SSSR count). The maximum Gasteiger partial charge on any atom is 0.221 e. The first-order chi connectivity index (χ1) is 7.61. The number of hydrogen-bond acceptors (Lipinski definition) is 3. The molecule has 0 fully saturated rings. The van der Waals surface area contributed by atoms with E-state index in [4.69, 9.17) is 5.73 Å². The summed E-state index contributed by atoms with van der Waals surface area (Å²) in [5.41, 5.74) is 6.04. The van der Waals surface area contributed by atoms with Gasteiger partial charge < -0.3 is 11.1 Å². The molecule has 102 valence electrons. The highest BCUT2D eigenvalue weighted by Crippen LogP contribution is 2.20. The Kier molecular flexibility index (Phi) is 6.94. The molecule has 3 unspecified atom stereocenters. The standard InChI is InChI=1S/C12H26N2O2S/c1-9(17(5)16)8-14-11(15)6-10(13)7-12(2,3)4/h9-10H,6-8,13H2,1-5H3,(H,14,15). The van der Waals surface area contributed by atoms with Crippen LogP contribution in [0.2, 0.25) is 0 Å². The van der Waals surface area contributed by atoms with Crippen LogP contribution in [-0.2, 0) is 15.6 Å². The van der Waals surface area contributed by atoms with E-state index in [0.717, 1.165) is 6.42 Å². The fourth-order valence-corrected chi connectivity index (χ4v) is 1.86. The smallest absolute Gasteiger partial charge is 0.221 e. The van der Waals surface area contributed by atoms with Crippen LogP contribution in [0.15, 0.2) is 0 Å². The van der Waals surface area contributed by atoms with Crippen molar-refractivity contribution in [1.29, 1.82) is 0 Å². The van der Waals surface area contributed by atoms with E-state index >= 15 is 0 Å². The minimum atomic E-state index is -0.901. The molecule has 0 spiro atoms. The van der Waals surface area contributed by atoms with Crippen LogP contribution < -0.4 is 11.1 Å². The maximum atomic E-state index is 11.6. The van der Waals surface area contributed by atoms with Crippen molar-refractivity contribution in [3.05, 3.63) is 0 Å². The van der Waals surface area contributed by atoms with E-state index in [2.05, 4.69) is 26.1 Å². The predicted octanol–water partition coefficient (Wildman–Crippen LogP) is 1.02. The first-order valence-electron chi connectivity index (χ1n) is 5.96. The lowest BCUT2D eigenvalue weighted by atomic mass is 9.87. The second-order valence-corrected chi connectivity index (χ2v) is 7.64. The van der Waals surface area contributed by atoms with Crippen LogP contribution in [0.1, 0.15) is 40.5 Å². The van der Waals surface area contributed by atoms with Crippen LogP contribution >= 0.6 is 0 Å². The first kappa shape index (κ1) is 16.6. The molecule has 0 radical (unpaired) electrons. The number of nitrogens with two attached hydrogens (primary N) is 1. The molecule has 1 amide bonds. The van der Waals surface area contributed by atoms with Crippen molar-refractivity contribution in [2.45, 2.75) is 51.8 Å². The molecule has 0 heterocycles. The minimum absolute atomic E-state index is 0.0159. The molecular weight excluding hydrogens is 236 g/mol. The van der Waals surface area contributed by atoms with Crippen LogP contribution in [0, 0.1) is 5.41 Å². The van der Waals surface area contributed by atoms with Gasteiger partial charge in [-0.3, -0.25) is 9.00 Å². The predicted molar refractivity (Wildman–Crippen MR) is 73.2 cm³/mol. The van der Waals surface area contributed by atoms with Crippen molar-refractivity contribution in [1.82, 2.24) is 5.32 Å². The molecule has 0 bridgehead atoms. The Hall–Kier alpha value is -0.420. The van der Waals surface area contributed by atoms with E-state index in [9.17, 15) is 9.00 Å². The van der Waals surface area contributed by atoms with E-state index in [-0.39, 0.29) is 22.6 Å². The molecule has 3 N–H and O–H groups in total. The number of carbonyl (C=O) groups is 1. The van der Waals surface area contributed by atoms with Crippen molar-refractivity contribution in [3.8, 4) is 0 Å². The number of amides is 1.